The second kappa shape index (κ2) is 10.3. The summed E-state index contributed by atoms with van der Waals surface area (Å²) in [6.45, 7) is 1.65. The molecule has 0 heterocycles. The van der Waals surface area contributed by atoms with Gasteiger partial charge in [-0.1, -0.05) is 79.2 Å². The van der Waals surface area contributed by atoms with Crippen LogP contribution < -0.4 is 0 Å². The third kappa shape index (κ3) is 7.04. The highest BCUT2D eigenvalue weighted by Crippen LogP contribution is 2.17. The Labute approximate surface area is 144 Å². The fourth-order valence-corrected chi connectivity index (χ4v) is 3.41. The smallest absolute Gasteiger partial charge is 0.185 e. The summed E-state index contributed by atoms with van der Waals surface area (Å²) in [5, 5.41) is 0.236. The van der Waals surface area contributed by atoms with Crippen LogP contribution in [-0.4, -0.2) is 10.9 Å². The molecule has 2 rings (SSSR count). The molecule has 2 heteroatoms. The highest BCUT2D eigenvalue weighted by molar-refractivity contribution is 8.13. The first-order valence-corrected chi connectivity index (χ1v) is 9.48. The van der Waals surface area contributed by atoms with Crippen LogP contribution in [0.1, 0.15) is 49.3 Å². The van der Waals surface area contributed by atoms with Crippen molar-refractivity contribution in [1.82, 2.24) is 0 Å². The number of unbranched alkanes of at least 4 members (excludes halogenated alkanes) is 3. The number of carbonyl (C=O) groups is 1. The van der Waals surface area contributed by atoms with E-state index in [4.69, 9.17) is 0 Å². The summed E-state index contributed by atoms with van der Waals surface area (Å²) in [5.74, 6) is 0.972. The number of benzene rings is 2. The van der Waals surface area contributed by atoms with Gasteiger partial charge in [-0.05, 0) is 42.4 Å². The molecule has 0 radical (unpaired) electrons. The highest BCUT2D eigenvalue weighted by atomic mass is 32.2. The number of carbonyl (C=O) groups excluding carboxylic acids is 1. The van der Waals surface area contributed by atoms with E-state index in [-0.39, 0.29) is 5.12 Å². The summed E-state index contributed by atoms with van der Waals surface area (Å²) in [5.41, 5.74) is 4.31. The molecule has 0 saturated carbocycles. The number of hydrogen-bond acceptors (Lipinski definition) is 2. The molecule has 0 aliphatic rings. The quantitative estimate of drug-likeness (QED) is 0.553. The van der Waals surface area contributed by atoms with Crippen molar-refractivity contribution >= 4 is 16.9 Å². The predicted molar refractivity (Wildman–Crippen MR) is 101 cm³/mol. The fraction of sp³-hybridized carbons (Fsp3) is 0.381. The number of rotatable bonds is 9. The van der Waals surface area contributed by atoms with Gasteiger partial charge in [0.25, 0.3) is 0 Å². The summed E-state index contributed by atoms with van der Waals surface area (Å²) in [4.78, 5) is 10.9. The minimum Gasteiger partial charge on any atom is -0.288 e. The van der Waals surface area contributed by atoms with Gasteiger partial charge >= 0.3 is 0 Å². The van der Waals surface area contributed by atoms with Crippen molar-refractivity contribution in [3.8, 4) is 0 Å². The van der Waals surface area contributed by atoms with Gasteiger partial charge in [0.1, 0.15) is 0 Å². The van der Waals surface area contributed by atoms with Crippen LogP contribution in [0.4, 0.5) is 0 Å². The van der Waals surface area contributed by atoms with Crippen molar-refractivity contribution in [1.29, 1.82) is 0 Å². The van der Waals surface area contributed by atoms with Crippen molar-refractivity contribution in [3.63, 3.8) is 0 Å². The summed E-state index contributed by atoms with van der Waals surface area (Å²) < 4.78 is 0. The molecule has 0 unspecified atom stereocenters. The van der Waals surface area contributed by atoms with Gasteiger partial charge in [-0.15, -0.1) is 0 Å². The SMILES string of the molecule is CC(=O)SCCCCCCc1ccccc1Cc1ccccc1. The molecule has 23 heavy (non-hydrogen) atoms. The lowest BCUT2D eigenvalue weighted by Crippen LogP contribution is -1.96. The topological polar surface area (TPSA) is 17.1 Å². The normalized spacial score (nSPS) is 10.7. The molecule has 0 amide bonds. The molecule has 0 atom stereocenters. The monoisotopic (exact) mass is 326 g/mol. The van der Waals surface area contributed by atoms with Crippen molar-refractivity contribution in [2.75, 3.05) is 5.75 Å². The van der Waals surface area contributed by atoms with Crippen LogP contribution in [0.5, 0.6) is 0 Å². The molecule has 0 N–H and O–H groups in total. The van der Waals surface area contributed by atoms with E-state index < -0.39 is 0 Å². The maximum absolute atomic E-state index is 10.9. The molecular weight excluding hydrogens is 300 g/mol. The highest BCUT2D eigenvalue weighted by Gasteiger charge is 2.03. The van der Waals surface area contributed by atoms with Gasteiger partial charge in [0, 0.05) is 12.7 Å². The van der Waals surface area contributed by atoms with E-state index in [1.807, 2.05) is 0 Å². The van der Waals surface area contributed by atoms with Crippen LogP contribution in [0, 0.1) is 0 Å². The molecule has 0 fully saturated rings. The largest absolute Gasteiger partial charge is 0.288 e. The van der Waals surface area contributed by atoms with Gasteiger partial charge in [0.05, 0.1) is 0 Å². The van der Waals surface area contributed by atoms with Gasteiger partial charge in [-0.2, -0.15) is 0 Å². The Hall–Kier alpha value is -1.54. The summed E-state index contributed by atoms with van der Waals surface area (Å²) in [6.07, 6.45) is 7.03. The van der Waals surface area contributed by atoms with Crippen LogP contribution in [0.3, 0.4) is 0 Å². The summed E-state index contributed by atoms with van der Waals surface area (Å²) in [7, 11) is 0. The zero-order chi connectivity index (χ0) is 16.3. The van der Waals surface area contributed by atoms with E-state index in [9.17, 15) is 4.79 Å². The first-order valence-electron chi connectivity index (χ1n) is 8.50. The van der Waals surface area contributed by atoms with E-state index in [0.717, 1.165) is 25.0 Å². The molecule has 122 valence electrons. The van der Waals surface area contributed by atoms with E-state index in [0.29, 0.717) is 0 Å². The van der Waals surface area contributed by atoms with E-state index >= 15 is 0 Å². The van der Waals surface area contributed by atoms with Crippen molar-refractivity contribution in [2.24, 2.45) is 0 Å². The van der Waals surface area contributed by atoms with E-state index in [1.54, 1.807) is 6.92 Å². The Morgan fingerprint density at radius 1 is 0.826 bits per heavy atom. The minimum atomic E-state index is 0.236. The molecule has 0 aliphatic carbocycles. The Morgan fingerprint density at radius 2 is 1.48 bits per heavy atom. The predicted octanol–water partition coefficient (Wildman–Crippen LogP) is 5.66. The van der Waals surface area contributed by atoms with Gasteiger partial charge < -0.3 is 0 Å². The van der Waals surface area contributed by atoms with Crippen LogP contribution in [-0.2, 0) is 17.6 Å². The van der Waals surface area contributed by atoms with Gasteiger partial charge in [0.2, 0.25) is 0 Å². The number of hydrogen-bond donors (Lipinski definition) is 0. The maximum Gasteiger partial charge on any atom is 0.185 e. The van der Waals surface area contributed by atoms with Crippen LogP contribution in [0.15, 0.2) is 54.6 Å². The van der Waals surface area contributed by atoms with Crippen LogP contribution in [0.2, 0.25) is 0 Å². The molecular formula is C21H26OS. The molecule has 1 nitrogen and oxygen atoms in total. The van der Waals surface area contributed by atoms with Crippen molar-refractivity contribution in [2.45, 2.75) is 45.4 Å². The Kier molecular flexibility index (Phi) is 7.96. The van der Waals surface area contributed by atoms with E-state index in [1.165, 1.54) is 47.7 Å². The number of thioether (sulfide) groups is 1. The lowest BCUT2D eigenvalue weighted by Gasteiger charge is -2.10. The average molecular weight is 327 g/mol. The van der Waals surface area contributed by atoms with Crippen LogP contribution >= 0.6 is 11.8 Å². The lowest BCUT2D eigenvalue weighted by atomic mass is 9.96. The molecule has 0 aliphatic heterocycles. The fourth-order valence-electron chi connectivity index (χ4n) is 2.78. The third-order valence-corrected chi connectivity index (χ3v) is 4.90. The second-order valence-electron chi connectivity index (χ2n) is 5.94. The summed E-state index contributed by atoms with van der Waals surface area (Å²) >= 11 is 1.45. The Balaban J connectivity index is 1.76. The maximum atomic E-state index is 10.9. The van der Waals surface area contributed by atoms with Gasteiger partial charge in [-0.3, -0.25) is 4.79 Å². The third-order valence-electron chi connectivity index (χ3n) is 4.00. The number of aryl methyl sites for hydroxylation is 1. The Bertz CT molecular complexity index is 592. The van der Waals surface area contributed by atoms with Crippen molar-refractivity contribution < 1.29 is 4.79 Å². The minimum absolute atomic E-state index is 0.236. The van der Waals surface area contributed by atoms with Gasteiger partial charge in [0.15, 0.2) is 5.12 Å². The molecule has 0 bridgehead atoms. The van der Waals surface area contributed by atoms with Gasteiger partial charge in [-0.25, -0.2) is 0 Å². The van der Waals surface area contributed by atoms with Crippen LogP contribution in [0.25, 0.3) is 0 Å². The lowest BCUT2D eigenvalue weighted by molar-refractivity contribution is -0.109. The molecule has 0 aromatic heterocycles. The zero-order valence-corrected chi connectivity index (χ0v) is 14.8. The first-order chi connectivity index (χ1) is 11.3. The Morgan fingerprint density at radius 3 is 2.22 bits per heavy atom. The molecule has 2 aromatic carbocycles. The average Bonchev–Trinajstić information content (AvgIpc) is 2.56. The second-order valence-corrected chi connectivity index (χ2v) is 7.21. The molecule has 0 spiro atoms. The first kappa shape index (κ1) is 17.8. The summed E-state index contributed by atoms with van der Waals surface area (Å²) in [6, 6.07) is 19.5. The van der Waals surface area contributed by atoms with E-state index in [2.05, 4.69) is 54.6 Å². The molecule has 2 aromatic rings. The standard InChI is InChI=1S/C21H26OS/c1-18(22)23-16-10-3-2-7-13-20-14-8-9-15-21(20)17-19-11-5-4-6-12-19/h4-6,8-9,11-12,14-15H,2-3,7,10,13,16-17H2,1H3. The zero-order valence-electron chi connectivity index (χ0n) is 14.0. The van der Waals surface area contributed by atoms with Crippen molar-refractivity contribution in [3.05, 3.63) is 71.3 Å². The molecule has 0 saturated heterocycles.